The molecule has 0 aromatic heterocycles. The second-order valence-electron chi connectivity index (χ2n) is 5.43. The average Bonchev–Trinajstić information content (AvgIpc) is 2.88. The highest BCUT2D eigenvalue weighted by molar-refractivity contribution is 6.32. The van der Waals surface area contributed by atoms with Crippen LogP contribution in [0, 0.1) is 0 Å². The first kappa shape index (κ1) is 17.5. The van der Waals surface area contributed by atoms with E-state index in [0.29, 0.717) is 22.0 Å². The Balaban J connectivity index is 1.78. The lowest BCUT2D eigenvalue weighted by Crippen LogP contribution is -2.30. The Hall–Kier alpha value is -3.32. The number of amides is 4. The molecule has 4 amide bonds. The van der Waals surface area contributed by atoms with Crippen molar-refractivity contribution in [2.45, 2.75) is 0 Å². The number of nitrogens with zero attached hydrogens (tertiary/aromatic N) is 1. The molecule has 1 heterocycles. The van der Waals surface area contributed by atoms with Gasteiger partial charge in [-0.05, 0) is 42.0 Å². The number of urea groups is 1. The Bertz CT molecular complexity index is 909. The highest BCUT2D eigenvalue weighted by Gasteiger charge is 2.34. The highest BCUT2D eigenvalue weighted by atomic mass is 35.5. The zero-order valence-corrected chi connectivity index (χ0v) is 14.2. The molecule has 2 aromatic rings. The fourth-order valence-corrected chi connectivity index (χ4v) is 2.55. The van der Waals surface area contributed by atoms with E-state index in [2.05, 4.69) is 5.32 Å². The van der Waals surface area contributed by atoms with Crippen molar-refractivity contribution < 1.29 is 19.1 Å². The number of imide groups is 1. The summed E-state index contributed by atoms with van der Waals surface area (Å²) in [5.41, 5.74) is 6.21. The lowest BCUT2D eigenvalue weighted by molar-refractivity contribution is -0.120. The maximum atomic E-state index is 12.5. The molecule has 132 valence electrons. The first-order valence-electron chi connectivity index (χ1n) is 7.58. The van der Waals surface area contributed by atoms with Gasteiger partial charge in [0, 0.05) is 5.02 Å². The molecule has 0 bridgehead atoms. The lowest BCUT2D eigenvalue weighted by Gasteiger charge is -2.11. The predicted octanol–water partition coefficient (Wildman–Crippen LogP) is 2.30. The number of rotatable bonds is 5. The number of nitrogens with two attached hydrogens (primary N) is 1. The van der Waals surface area contributed by atoms with Gasteiger partial charge in [-0.25, -0.2) is 9.69 Å². The van der Waals surface area contributed by atoms with Gasteiger partial charge in [0.2, 0.25) is 0 Å². The number of carbonyl (C=O) groups is 3. The van der Waals surface area contributed by atoms with Crippen LogP contribution in [0.25, 0.3) is 6.08 Å². The van der Waals surface area contributed by atoms with Gasteiger partial charge in [-0.15, -0.1) is 0 Å². The molecule has 0 spiro atoms. The lowest BCUT2D eigenvalue weighted by atomic mass is 10.2. The van der Waals surface area contributed by atoms with Gasteiger partial charge in [0.1, 0.15) is 11.4 Å². The van der Waals surface area contributed by atoms with Crippen LogP contribution in [0.15, 0.2) is 54.2 Å². The number of halogens is 1. The van der Waals surface area contributed by atoms with Crippen LogP contribution in [0.1, 0.15) is 5.56 Å². The van der Waals surface area contributed by atoms with E-state index in [1.54, 1.807) is 48.5 Å². The standard InChI is InChI=1S/C18H14ClN3O4/c19-12-2-1-3-13(9-12)22-17(24)15(21-18(22)25)8-11-4-6-14(7-5-11)26-10-16(20)23/h1-9H,10H2,(H2,20,23)(H,21,25)/b15-8-. The fourth-order valence-electron chi connectivity index (χ4n) is 2.37. The molecule has 0 atom stereocenters. The Morgan fingerprint density at radius 3 is 2.58 bits per heavy atom. The van der Waals surface area contributed by atoms with Crippen molar-refractivity contribution >= 4 is 41.2 Å². The summed E-state index contributed by atoms with van der Waals surface area (Å²) < 4.78 is 5.16. The molecular formula is C18H14ClN3O4. The minimum atomic E-state index is -0.573. The van der Waals surface area contributed by atoms with E-state index in [9.17, 15) is 14.4 Å². The number of benzene rings is 2. The van der Waals surface area contributed by atoms with Crippen LogP contribution in [0.4, 0.5) is 10.5 Å². The number of ether oxygens (including phenoxy) is 1. The summed E-state index contributed by atoms with van der Waals surface area (Å²) in [5, 5.41) is 2.96. The third-order valence-corrected chi connectivity index (χ3v) is 3.75. The Labute approximate surface area is 154 Å². The minimum Gasteiger partial charge on any atom is -0.484 e. The van der Waals surface area contributed by atoms with Gasteiger partial charge in [0.05, 0.1) is 5.69 Å². The number of carbonyl (C=O) groups excluding carboxylic acids is 3. The molecule has 3 rings (SSSR count). The summed E-state index contributed by atoms with van der Waals surface area (Å²) in [6, 6.07) is 12.5. The van der Waals surface area contributed by atoms with Crippen molar-refractivity contribution in [3.05, 3.63) is 64.8 Å². The van der Waals surface area contributed by atoms with E-state index < -0.39 is 17.8 Å². The van der Waals surface area contributed by atoms with Crippen LogP contribution in [0.5, 0.6) is 5.75 Å². The molecule has 0 aliphatic carbocycles. The summed E-state index contributed by atoms with van der Waals surface area (Å²) in [6.45, 7) is -0.219. The molecular weight excluding hydrogens is 358 g/mol. The normalized spacial score (nSPS) is 15.3. The van der Waals surface area contributed by atoms with Crippen LogP contribution in [0.3, 0.4) is 0 Å². The van der Waals surface area contributed by atoms with Gasteiger partial charge in [0.15, 0.2) is 6.61 Å². The largest absolute Gasteiger partial charge is 0.484 e. The molecule has 26 heavy (non-hydrogen) atoms. The summed E-state index contributed by atoms with van der Waals surface area (Å²) in [6.07, 6.45) is 1.54. The molecule has 0 saturated carbocycles. The molecule has 1 aliphatic heterocycles. The van der Waals surface area contributed by atoms with E-state index >= 15 is 0 Å². The van der Waals surface area contributed by atoms with Crippen molar-refractivity contribution in [1.29, 1.82) is 0 Å². The van der Waals surface area contributed by atoms with Crippen molar-refractivity contribution in [2.75, 3.05) is 11.5 Å². The molecule has 3 N–H and O–H groups in total. The zero-order chi connectivity index (χ0) is 18.7. The highest BCUT2D eigenvalue weighted by Crippen LogP contribution is 2.25. The van der Waals surface area contributed by atoms with Crippen molar-refractivity contribution in [3.63, 3.8) is 0 Å². The predicted molar refractivity (Wildman–Crippen MR) is 96.6 cm³/mol. The van der Waals surface area contributed by atoms with Crippen LogP contribution >= 0.6 is 11.6 Å². The monoisotopic (exact) mass is 371 g/mol. The van der Waals surface area contributed by atoms with Gasteiger partial charge in [-0.3, -0.25) is 9.59 Å². The van der Waals surface area contributed by atoms with Crippen LogP contribution < -0.4 is 20.7 Å². The number of primary amides is 1. The van der Waals surface area contributed by atoms with E-state index in [1.165, 1.54) is 6.07 Å². The second kappa shape index (κ2) is 7.28. The molecule has 1 fully saturated rings. The first-order chi connectivity index (χ1) is 12.4. The smallest absolute Gasteiger partial charge is 0.333 e. The quantitative estimate of drug-likeness (QED) is 0.621. The van der Waals surface area contributed by atoms with Gasteiger partial charge in [0.25, 0.3) is 11.8 Å². The van der Waals surface area contributed by atoms with E-state index in [1.807, 2.05) is 0 Å². The van der Waals surface area contributed by atoms with Crippen LogP contribution in [-0.2, 0) is 9.59 Å². The number of hydrogen-bond donors (Lipinski definition) is 2. The first-order valence-corrected chi connectivity index (χ1v) is 7.96. The number of anilines is 1. The van der Waals surface area contributed by atoms with E-state index in [4.69, 9.17) is 22.1 Å². The molecule has 0 radical (unpaired) electrons. The Morgan fingerprint density at radius 1 is 1.19 bits per heavy atom. The molecule has 0 unspecified atom stereocenters. The van der Waals surface area contributed by atoms with Crippen LogP contribution in [-0.4, -0.2) is 24.5 Å². The summed E-state index contributed by atoms with van der Waals surface area (Å²) in [7, 11) is 0. The van der Waals surface area contributed by atoms with E-state index in [0.717, 1.165) is 4.90 Å². The summed E-state index contributed by atoms with van der Waals surface area (Å²) in [5.74, 6) is -0.587. The Morgan fingerprint density at radius 2 is 1.92 bits per heavy atom. The number of hydrogen-bond acceptors (Lipinski definition) is 4. The molecule has 1 saturated heterocycles. The van der Waals surface area contributed by atoms with Crippen LogP contribution in [0.2, 0.25) is 5.02 Å². The number of nitrogens with one attached hydrogen (secondary N) is 1. The molecule has 1 aliphatic rings. The van der Waals surface area contributed by atoms with Crippen molar-refractivity contribution in [3.8, 4) is 5.75 Å². The summed E-state index contributed by atoms with van der Waals surface area (Å²) in [4.78, 5) is 36.4. The van der Waals surface area contributed by atoms with Gasteiger partial charge in [-0.2, -0.15) is 0 Å². The average molecular weight is 372 g/mol. The third-order valence-electron chi connectivity index (χ3n) is 3.52. The maximum Gasteiger partial charge on any atom is 0.333 e. The maximum absolute atomic E-state index is 12.5. The van der Waals surface area contributed by atoms with E-state index in [-0.39, 0.29) is 12.3 Å². The van der Waals surface area contributed by atoms with Gasteiger partial charge in [-0.1, -0.05) is 29.8 Å². The van der Waals surface area contributed by atoms with Crippen molar-refractivity contribution in [2.24, 2.45) is 5.73 Å². The fraction of sp³-hybridized carbons (Fsp3) is 0.0556. The molecule has 2 aromatic carbocycles. The zero-order valence-electron chi connectivity index (χ0n) is 13.4. The van der Waals surface area contributed by atoms with Crippen molar-refractivity contribution in [1.82, 2.24) is 5.32 Å². The van der Waals surface area contributed by atoms with Gasteiger partial charge < -0.3 is 15.8 Å². The minimum absolute atomic E-state index is 0.140. The molecule has 8 heteroatoms. The third kappa shape index (κ3) is 3.84. The summed E-state index contributed by atoms with van der Waals surface area (Å²) >= 11 is 5.92. The second-order valence-corrected chi connectivity index (χ2v) is 5.87. The SMILES string of the molecule is NC(=O)COc1ccc(/C=C2\NC(=O)N(c3cccc(Cl)c3)C2=O)cc1. The molecule has 7 nitrogen and oxygen atoms in total. The topological polar surface area (TPSA) is 102 Å². The Kier molecular flexibility index (Phi) is 4.90. The van der Waals surface area contributed by atoms with Gasteiger partial charge >= 0.3 is 6.03 Å².